The molecule has 0 saturated carbocycles. The number of fused-ring (bicyclic) bond motifs is 1. The fraction of sp³-hybridized carbons (Fsp3) is 0.613. The van der Waals surface area contributed by atoms with Crippen molar-refractivity contribution >= 4 is 10.8 Å². The van der Waals surface area contributed by atoms with Gasteiger partial charge in [-0.3, -0.25) is 0 Å². The van der Waals surface area contributed by atoms with E-state index < -0.39 is 0 Å². The van der Waals surface area contributed by atoms with Crippen molar-refractivity contribution in [1.82, 2.24) is 0 Å². The first kappa shape index (κ1) is 25.7. The molecular weight excluding hydrogens is 372 g/mol. The van der Waals surface area contributed by atoms with Gasteiger partial charge in [-0.05, 0) is 54.9 Å². The van der Waals surface area contributed by atoms with E-state index in [1.807, 2.05) is 0 Å². The number of hydrogen-bond acceptors (Lipinski definition) is 0. The maximum atomic E-state index is 2.43. The van der Waals surface area contributed by atoms with Crippen molar-refractivity contribution in [3.8, 4) is 0 Å². The van der Waals surface area contributed by atoms with E-state index >= 15 is 0 Å². The average Bonchev–Trinajstić information content (AvgIpc) is 2.80. The maximum absolute atomic E-state index is 2.43. The minimum atomic E-state index is 1.23. The summed E-state index contributed by atoms with van der Waals surface area (Å²) < 4.78 is 0. The molecule has 0 spiro atoms. The van der Waals surface area contributed by atoms with Crippen LogP contribution in [-0.2, 0) is 6.42 Å². The molecule has 2 rings (SSSR count). The predicted octanol–water partition coefficient (Wildman–Crippen LogP) is 10.6. The highest BCUT2D eigenvalue weighted by molar-refractivity contribution is 5.85. The number of benzene rings is 2. The van der Waals surface area contributed by atoms with Gasteiger partial charge < -0.3 is 0 Å². The van der Waals surface area contributed by atoms with E-state index in [1.165, 1.54) is 132 Å². The van der Waals surface area contributed by atoms with Crippen LogP contribution in [0.4, 0.5) is 0 Å². The zero-order valence-electron chi connectivity index (χ0n) is 20.4. The van der Waals surface area contributed by atoms with E-state index in [9.17, 15) is 0 Å². The zero-order chi connectivity index (χ0) is 21.8. The number of hydrogen-bond donors (Lipinski definition) is 0. The average molecular weight is 421 g/mol. The van der Waals surface area contributed by atoms with Gasteiger partial charge in [-0.15, -0.1) is 0 Å². The smallest absolute Gasteiger partial charge is 0.0152 e. The highest BCUT2D eigenvalue weighted by Gasteiger charge is 2.00. The van der Waals surface area contributed by atoms with Crippen LogP contribution in [0.5, 0.6) is 0 Å². The van der Waals surface area contributed by atoms with Crippen molar-refractivity contribution < 1.29 is 0 Å². The number of aryl methyl sites for hydroxylation is 1. The van der Waals surface area contributed by atoms with Crippen LogP contribution < -0.4 is 0 Å². The second-order valence-electron chi connectivity index (χ2n) is 9.39. The fourth-order valence-electron chi connectivity index (χ4n) is 4.60. The number of rotatable bonds is 19. The molecule has 31 heavy (non-hydrogen) atoms. The van der Waals surface area contributed by atoms with Gasteiger partial charge in [-0.25, -0.2) is 0 Å². The summed E-state index contributed by atoms with van der Waals surface area (Å²) in [4.78, 5) is 0. The summed E-state index contributed by atoms with van der Waals surface area (Å²) in [6, 6.07) is 15.6. The highest BCUT2D eigenvalue weighted by atomic mass is 14.1. The molecule has 0 aliphatic heterocycles. The van der Waals surface area contributed by atoms with Crippen LogP contribution in [0.3, 0.4) is 0 Å². The second kappa shape index (κ2) is 18.1. The van der Waals surface area contributed by atoms with Gasteiger partial charge >= 0.3 is 0 Å². The maximum Gasteiger partial charge on any atom is -0.0152 e. The van der Waals surface area contributed by atoms with E-state index in [-0.39, 0.29) is 0 Å². The molecule has 0 bridgehead atoms. The van der Waals surface area contributed by atoms with Crippen LogP contribution in [-0.4, -0.2) is 0 Å². The third kappa shape index (κ3) is 12.2. The first-order valence-electron chi connectivity index (χ1n) is 13.5. The van der Waals surface area contributed by atoms with E-state index in [0.29, 0.717) is 0 Å². The summed E-state index contributed by atoms with van der Waals surface area (Å²) in [5.41, 5.74) is 1.53. The standard InChI is InChI=1S/C31H48/c1-2-3-4-5-6-7-8-9-10-11-12-13-14-15-16-17-18-19-20-24-29-26-23-27-30-25-21-22-28-31(29)30/h8-9,21-23,25-28H,2-7,10-20,24H2,1H3/b9-8+. The van der Waals surface area contributed by atoms with Crippen molar-refractivity contribution in [2.45, 2.75) is 122 Å². The molecule has 0 aliphatic rings. The van der Waals surface area contributed by atoms with E-state index in [4.69, 9.17) is 0 Å². The van der Waals surface area contributed by atoms with Gasteiger partial charge in [-0.2, -0.15) is 0 Å². The third-order valence-electron chi connectivity index (χ3n) is 6.59. The summed E-state index contributed by atoms with van der Waals surface area (Å²) in [7, 11) is 0. The summed E-state index contributed by atoms with van der Waals surface area (Å²) in [6.07, 6.45) is 29.8. The third-order valence-corrected chi connectivity index (χ3v) is 6.59. The van der Waals surface area contributed by atoms with Gasteiger partial charge in [0.15, 0.2) is 0 Å². The molecule has 0 heterocycles. The topological polar surface area (TPSA) is 0 Å². The molecule has 0 unspecified atom stereocenters. The molecule has 0 saturated heterocycles. The predicted molar refractivity (Wildman–Crippen MR) is 141 cm³/mol. The molecule has 0 aliphatic carbocycles. The Morgan fingerprint density at radius 2 is 1.03 bits per heavy atom. The zero-order valence-corrected chi connectivity index (χ0v) is 20.4. The summed E-state index contributed by atoms with van der Waals surface area (Å²) in [5, 5.41) is 2.83. The molecule has 0 N–H and O–H groups in total. The van der Waals surface area contributed by atoms with Crippen molar-refractivity contribution in [2.24, 2.45) is 0 Å². The van der Waals surface area contributed by atoms with Gasteiger partial charge in [0, 0.05) is 0 Å². The van der Waals surface area contributed by atoms with Crippen molar-refractivity contribution in [3.63, 3.8) is 0 Å². The van der Waals surface area contributed by atoms with Crippen LogP contribution in [0.25, 0.3) is 10.8 Å². The highest BCUT2D eigenvalue weighted by Crippen LogP contribution is 2.21. The lowest BCUT2D eigenvalue weighted by Crippen LogP contribution is -1.88. The summed E-state index contributed by atoms with van der Waals surface area (Å²) >= 11 is 0. The minimum Gasteiger partial charge on any atom is -0.0885 e. The molecule has 0 heteroatoms. The normalized spacial score (nSPS) is 11.6. The number of unbranched alkanes of at least 4 members (excludes halogenated alkanes) is 15. The Bertz CT molecular complexity index is 691. The van der Waals surface area contributed by atoms with Gasteiger partial charge in [0.2, 0.25) is 0 Å². The van der Waals surface area contributed by atoms with Crippen molar-refractivity contribution in [3.05, 3.63) is 60.2 Å². The Labute approximate surface area is 193 Å². The molecule has 0 nitrogen and oxygen atoms in total. The molecule has 172 valence electrons. The lowest BCUT2D eigenvalue weighted by atomic mass is 9.99. The monoisotopic (exact) mass is 420 g/mol. The molecule has 0 radical (unpaired) electrons. The van der Waals surface area contributed by atoms with E-state index in [1.54, 1.807) is 0 Å². The van der Waals surface area contributed by atoms with Gasteiger partial charge in [0.1, 0.15) is 0 Å². The van der Waals surface area contributed by atoms with Crippen LogP contribution >= 0.6 is 0 Å². The lowest BCUT2D eigenvalue weighted by Gasteiger charge is -2.06. The Kier molecular flexibility index (Phi) is 15.0. The molecule has 0 aromatic heterocycles. The molecule has 2 aromatic rings. The first-order chi connectivity index (χ1) is 15.4. The Hall–Kier alpha value is -1.56. The Balaban J connectivity index is 1.34. The molecule has 0 atom stereocenters. The Morgan fingerprint density at radius 3 is 1.68 bits per heavy atom. The SMILES string of the molecule is CCCCCCC/C=C/CCCCCCCCCCCCc1cccc2ccccc12. The summed E-state index contributed by atoms with van der Waals surface area (Å²) in [6.45, 7) is 2.29. The summed E-state index contributed by atoms with van der Waals surface area (Å²) in [5.74, 6) is 0. The van der Waals surface area contributed by atoms with Gasteiger partial charge in [-0.1, -0.05) is 139 Å². The van der Waals surface area contributed by atoms with E-state index in [2.05, 4.69) is 61.5 Å². The molecular formula is C31H48. The van der Waals surface area contributed by atoms with Crippen LogP contribution in [0.15, 0.2) is 54.6 Å². The van der Waals surface area contributed by atoms with Gasteiger partial charge in [0.25, 0.3) is 0 Å². The molecule has 2 aromatic carbocycles. The van der Waals surface area contributed by atoms with Crippen LogP contribution in [0.2, 0.25) is 0 Å². The fourth-order valence-corrected chi connectivity index (χ4v) is 4.60. The number of allylic oxidation sites excluding steroid dienone is 2. The van der Waals surface area contributed by atoms with Gasteiger partial charge in [0.05, 0.1) is 0 Å². The van der Waals surface area contributed by atoms with Crippen molar-refractivity contribution in [2.75, 3.05) is 0 Å². The lowest BCUT2D eigenvalue weighted by molar-refractivity contribution is 0.552. The molecule has 0 amide bonds. The largest absolute Gasteiger partial charge is 0.0885 e. The van der Waals surface area contributed by atoms with Crippen molar-refractivity contribution in [1.29, 1.82) is 0 Å². The second-order valence-corrected chi connectivity index (χ2v) is 9.39. The first-order valence-corrected chi connectivity index (χ1v) is 13.5. The minimum absolute atomic E-state index is 1.23. The quantitative estimate of drug-likeness (QED) is 0.156. The Morgan fingerprint density at radius 1 is 0.516 bits per heavy atom. The molecule has 0 fully saturated rings. The van der Waals surface area contributed by atoms with Crippen LogP contribution in [0.1, 0.15) is 122 Å². The van der Waals surface area contributed by atoms with E-state index in [0.717, 1.165) is 0 Å². The van der Waals surface area contributed by atoms with Crippen LogP contribution in [0, 0.1) is 0 Å².